The lowest BCUT2D eigenvalue weighted by Crippen LogP contribution is -1.98. The van der Waals surface area contributed by atoms with Crippen LogP contribution in [0.2, 0.25) is 0 Å². The normalized spacial score (nSPS) is 13.3. The van der Waals surface area contributed by atoms with Gasteiger partial charge in [0.25, 0.3) is 0 Å². The molecule has 2 heteroatoms. The van der Waals surface area contributed by atoms with Crippen molar-refractivity contribution in [3.8, 4) is 0 Å². The van der Waals surface area contributed by atoms with E-state index < -0.39 is 0 Å². The molecule has 92 valence electrons. The molecule has 0 saturated carbocycles. The lowest BCUT2D eigenvalue weighted by Gasteiger charge is -2.11. The summed E-state index contributed by atoms with van der Waals surface area (Å²) in [7, 11) is 0. The molecule has 0 nitrogen and oxygen atoms in total. The highest BCUT2D eigenvalue weighted by Crippen LogP contribution is 2.23. The standard InChI is InChI=1S/C14H23BrS/c1-11(2)5-4-6-12(3)7-8-13-9-14(15)16-10-13/h9-12H,4-8H2,1-3H3. The molecule has 1 rings (SSSR count). The molecule has 0 radical (unpaired) electrons. The third-order valence-electron chi connectivity index (χ3n) is 3.03. The van der Waals surface area contributed by atoms with Gasteiger partial charge in [0.15, 0.2) is 0 Å². The molecule has 1 heterocycles. The second kappa shape index (κ2) is 7.50. The van der Waals surface area contributed by atoms with Crippen LogP contribution in [0.5, 0.6) is 0 Å². The average Bonchev–Trinajstić information content (AvgIpc) is 2.61. The van der Waals surface area contributed by atoms with Gasteiger partial charge in [-0.1, -0.05) is 40.0 Å². The van der Waals surface area contributed by atoms with Crippen LogP contribution in [0.15, 0.2) is 15.2 Å². The Morgan fingerprint density at radius 3 is 2.50 bits per heavy atom. The highest BCUT2D eigenvalue weighted by molar-refractivity contribution is 9.11. The van der Waals surface area contributed by atoms with Crippen molar-refractivity contribution in [2.45, 2.75) is 52.9 Å². The van der Waals surface area contributed by atoms with Crippen molar-refractivity contribution in [3.63, 3.8) is 0 Å². The first-order valence-electron chi connectivity index (χ1n) is 6.31. The third kappa shape index (κ3) is 6.05. The van der Waals surface area contributed by atoms with E-state index >= 15 is 0 Å². The number of halogens is 1. The Kier molecular flexibility index (Phi) is 6.67. The third-order valence-corrected chi connectivity index (χ3v) is 4.58. The number of rotatable bonds is 7. The molecule has 1 unspecified atom stereocenters. The summed E-state index contributed by atoms with van der Waals surface area (Å²) in [5.41, 5.74) is 1.49. The average molecular weight is 303 g/mol. The van der Waals surface area contributed by atoms with Gasteiger partial charge in [-0.05, 0) is 57.6 Å². The summed E-state index contributed by atoms with van der Waals surface area (Å²) in [6.45, 7) is 7.02. The minimum absolute atomic E-state index is 0.861. The Bertz CT molecular complexity index is 291. The first kappa shape index (κ1) is 14.2. The van der Waals surface area contributed by atoms with E-state index in [1.165, 1.54) is 41.5 Å². The zero-order valence-electron chi connectivity index (χ0n) is 10.6. The molecule has 0 saturated heterocycles. The predicted octanol–water partition coefficient (Wildman–Crippen LogP) is 5.91. The molecule has 0 aliphatic heterocycles. The first-order chi connectivity index (χ1) is 7.58. The molecular weight excluding hydrogens is 280 g/mol. The fourth-order valence-corrected chi connectivity index (χ4v) is 3.15. The molecule has 0 amide bonds. The second-order valence-electron chi connectivity index (χ2n) is 5.23. The van der Waals surface area contributed by atoms with Crippen molar-refractivity contribution in [1.82, 2.24) is 0 Å². The summed E-state index contributed by atoms with van der Waals surface area (Å²) in [5.74, 6) is 1.73. The largest absolute Gasteiger partial charge is 0.137 e. The van der Waals surface area contributed by atoms with E-state index in [0.717, 1.165) is 11.8 Å². The first-order valence-corrected chi connectivity index (χ1v) is 7.98. The molecule has 1 aromatic rings. The van der Waals surface area contributed by atoms with Crippen LogP contribution < -0.4 is 0 Å². The molecule has 0 bridgehead atoms. The van der Waals surface area contributed by atoms with E-state index in [4.69, 9.17) is 0 Å². The molecule has 0 aliphatic rings. The minimum atomic E-state index is 0.861. The molecule has 1 atom stereocenters. The Hall–Kier alpha value is 0.180. The quantitative estimate of drug-likeness (QED) is 0.588. The molecule has 0 aliphatic carbocycles. The van der Waals surface area contributed by atoms with Crippen molar-refractivity contribution in [3.05, 3.63) is 20.8 Å². The van der Waals surface area contributed by atoms with Gasteiger partial charge in [-0.2, -0.15) is 0 Å². The number of hydrogen-bond acceptors (Lipinski definition) is 1. The molecule has 0 N–H and O–H groups in total. The summed E-state index contributed by atoms with van der Waals surface area (Å²) in [6.07, 6.45) is 6.75. The maximum Gasteiger partial charge on any atom is 0.0701 e. The summed E-state index contributed by atoms with van der Waals surface area (Å²) in [4.78, 5) is 0. The van der Waals surface area contributed by atoms with E-state index in [1.54, 1.807) is 11.3 Å². The summed E-state index contributed by atoms with van der Waals surface area (Å²) < 4.78 is 1.26. The van der Waals surface area contributed by atoms with Gasteiger partial charge in [0, 0.05) is 0 Å². The van der Waals surface area contributed by atoms with E-state index in [-0.39, 0.29) is 0 Å². The Morgan fingerprint density at radius 1 is 1.19 bits per heavy atom. The highest BCUT2D eigenvalue weighted by atomic mass is 79.9. The maximum absolute atomic E-state index is 3.52. The second-order valence-corrected chi connectivity index (χ2v) is 7.52. The van der Waals surface area contributed by atoms with Crippen LogP contribution >= 0.6 is 27.3 Å². The summed E-state index contributed by atoms with van der Waals surface area (Å²) >= 11 is 5.31. The van der Waals surface area contributed by atoms with E-state index in [2.05, 4.69) is 48.1 Å². The van der Waals surface area contributed by atoms with Gasteiger partial charge < -0.3 is 0 Å². The molecule has 16 heavy (non-hydrogen) atoms. The van der Waals surface area contributed by atoms with Gasteiger partial charge in [-0.3, -0.25) is 0 Å². The maximum atomic E-state index is 3.52. The zero-order chi connectivity index (χ0) is 12.0. The van der Waals surface area contributed by atoms with Crippen LogP contribution in [-0.4, -0.2) is 0 Å². The highest BCUT2D eigenvalue weighted by Gasteiger charge is 2.05. The Labute approximate surface area is 113 Å². The SMILES string of the molecule is CC(C)CCCC(C)CCc1csc(Br)c1. The lowest BCUT2D eigenvalue weighted by atomic mass is 9.95. The topological polar surface area (TPSA) is 0 Å². The predicted molar refractivity (Wildman–Crippen MR) is 78.2 cm³/mol. The van der Waals surface area contributed by atoms with E-state index in [0.29, 0.717) is 0 Å². The minimum Gasteiger partial charge on any atom is -0.137 e. The fourth-order valence-electron chi connectivity index (χ4n) is 1.91. The molecule has 0 aromatic carbocycles. The van der Waals surface area contributed by atoms with Crippen LogP contribution in [0, 0.1) is 11.8 Å². The van der Waals surface area contributed by atoms with Crippen LogP contribution in [0.4, 0.5) is 0 Å². The summed E-state index contributed by atoms with van der Waals surface area (Å²) in [6, 6.07) is 2.26. The summed E-state index contributed by atoms with van der Waals surface area (Å²) in [5, 5.41) is 2.27. The van der Waals surface area contributed by atoms with Crippen LogP contribution in [0.25, 0.3) is 0 Å². The van der Waals surface area contributed by atoms with E-state index in [9.17, 15) is 0 Å². The van der Waals surface area contributed by atoms with Crippen molar-refractivity contribution in [2.75, 3.05) is 0 Å². The molecule has 0 spiro atoms. The Morgan fingerprint density at radius 2 is 1.94 bits per heavy atom. The molecule has 0 fully saturated rings. The van der Waals surface area contributed by atoms with Crippen molar-refractivity contribution in [2.24, 2.45) is 11.8 Å². The van der Waals surface area contributed by atoms with Gasteiger partial charge in [0.1, 0.15) is 0 Å². The van der Waals surface area contributed by atoms with Crippen molar-refractivity contribution < 1.29 is 0 Å². The lowest BCUT2D eigenvalue weighted by molar-refractivity contribution is 0.437. The number of thiophene rings is 1. The van der Waals surface area contributed by atoms with Gasteiger partial charge in [0.05, 0.1) is 3.79 Å². The zero-order valence-corrected chi connectivity index (χ0v) is 13.0. The monoisotopic (exact) mass is 302 g/mol. The van der Waals surface area contributed by atoms with Gasteiger partial charge >= 0.3 is 0 Å². The van der Waals surface area contributed by atoms with Gasteiger partial charge in [-0.25, -0.2) is 0 Å². The van der Waals surface area contributed by atoms with Gasteiger partial charge in [-0.15, -0.1) is 11.3 Å². The van der Waals surface area contributed by atoms with Crippen LogP contribution in [-0.2, 0) is 6.42 Å². The smallest absolute Gasteiger partial charge is 0.0701 e. The van der Waals surface area contributed by atoms with Crippen LogP contribution in [0.3, 0.4) is 0 Å². The number of hydrogen-bond donors (Lipinski definition) is 0. The Balaban J connectivity index is 2.12. The number of aryl methyl sites for hydroxylation is 1. The van der Waals surface area contributed by atoms with Crippen molar-refractivity contribution >= 4 is 27.3 Å². The van der Waals surface area contributed by atoms with E-state index in [1.807, 2.05) is 0 Å². The molecule has 1 aromatic heterocycles. The van der Waals surface area contributed by atoms with Crippen LogP contribution in [0.1, 0.15) is 52.0 Å². The fraction of sp³-hybridized carbons (Fsp3) is 0.714. The van der Waals surface area contributed by atoms with Gasteiger partial charge in [0.2, 0.25) is 0 Å². The molecular formula is C14H23BrS. The van der Waals surface area contributed by atoms with Crippen molar-refractivity contribution in [1.29, 1.82) is 0 Å².